The van der Waals surface area contributed by atoms with Gasteiger partial charge in [0.25, 0.3) is 0 Å². The number of allylic oxidation sites excluding steroid dienone is 4. The Bertz CT molecular complexity index is 1850. The normalized spacial score (nSPS) is 20.4. The number of fused-ring (bicyclic) bond motifs is 6. The smallest absolute Gasteiger partial charge is 0.330 e. The van der Waals surface area contributed by atoms with E-state index < -0.39 is 23.1 Å². The van der Waals surface area contributed by atoms with Crippen LogP contribution < -0.4 is 15.4 Å². The summed E-state index contributed by atoms with van der Waals surface area (Å²) in [4.78, 5) is 11.7. The van der Waals surface area contributed by atoms with Crippen LogP contribution in [0.4, 0.5) is 11.4 Å². The fraction of sp³-hybridized carbons (Fsp3) is 0.419. The van der Waals surface area contributed by atoms with Gasteiger partial charge in [-0.1, -0.05) is 61.2 Å². The van der Waals surface area contributed by atoms with E-state index in [1.54, 1.807) is 14.2 Å². The van der Waals surface area contributed by atoms with E-state index in [-0.39, 0.29) is 31.2 Å². The lowest BCUT2D eigenvalue weighted by Gasteiger charge is -2.38. The number of methoxy groups -OCH3 is 2. The first kappa shape index (κ1) is 37.4. The Morgan fingerprint density at radius 1 is 0.923 bits per heavy atom. The minimum Gasteiger partial charge on any atom is -0.489 e. The van der Waals surface area contributed by atoms with Crippen molar-refractivity contribution >= 4 is 17.3 Å². The molecule has 9 nitrogen and oxygen atoms in total. The molecule has 0 saturated carbocycles. The molecule has 0 spiro atoms. The Balaban J connectivity index is 1.43. The molecule has 0 aromatic heterocycles. The molecule has 0 fully saturated rings. The number of hydrogen-bond donors (Lipinski definition) is 2. The maximum absolute atomic E-state index is 11.7. The highest BCUT2D eigenvalue weighted by molar-refractivity contribution is 5.90. The van der Waals surface area contributed by atoms with E-state index in [9.17, 15) is 4.79 Å². The second-order valence-electron chi connectivity index (χ2n) is 13.9. The summed E-state index contributed by atoms with van der Waals surface area (Å²) in [7, 11) is 7.16. The van der Waals surface area contributed by atoms with Crippen molar-refractivity contribution in [2.24, 2.45) is 5.92 Å². The summed E-state index contributed by atoms with van der Waals surface area (Å²) in [5, 5.41) is 6.93. The molecule has 3 aromatic rings. The Labute approximate surface area is 308 Å². The number of carbonyl (C=O) groups is 1. The van der Waals surface area contributed by atoms with Crippen LogP contribution in [0.3, 0.4) is 0 Å². The monoisotopic (exact) mass is 708 g/mol. The third-order valence-corrected chi connectivity index (χ3v) is 10.8. The second kappa shape index (κ2) is 15.7. The molecule has 2 N–H and O–H groups in total. The van der Waals surface area contributed by atoms with Crippen LogP contribution in [0.25, 0.3) is 11.1 Å². The maximum Gasteiger partial charge on any atom is 0.330 e. The number of esters is 1. The molecule has 0 aliphatic heterocycles. The van der Waals surface area contributed by atoms with Gasteiger partial charge in [-0.05, 0) is 72.4 Å². The predicted octanol–water partition coefficient (Wildman–Crippen LogP) is 7.35. The highest BCUT2D eigenvalue weighted by Crippen LogP contribution is 2.67. The van der Waals surface area contributed by atoms with Gasteiger partial charge in [0.05, 0.1) is 29.9 Å². The highest BCUT2D eigenvalue weighted by atomic mass is 16.6. The number of hydrogen-bond acceptors (Lipinski definition) is 9. The van der Waals surface area contributed by atoms with Gasteiger partial charge in [-0.3, -0.25) is 0 Å². The van der Waals surface area contributed by atoms with Crippen LogP contribution in [-0.4, -0.2) is 79.5 Å². The average molecular weight is 709 g/mol. The molecule has 3 aromatic carbocycles. The van der Waals surface area contributed by atoms with Crippen LogP contribution in [0, 0.1) is 5.92 Å². The molecule has 6 rings (SSSR count). The SMILES string of the molecule is C=CC(=O)OCC(COC(C)(C)c1ccc(C23c4cc(NC)c(OCC(COCC)OC)cc4-c4cccc(c42)C2C=CC=CC23)cc1NC)OC. The topological polar surface area (TPSA) is 96.5 Å². The molecule has 0 amide bonds. The van der Waals surface area contributed by atoms with Gasteiger partial charge in [0.1, 0.15) is 31.2 Å². The van der Waals surface area contributed by atoms with Crippen molar-refractivity contribution in [1.82, 2.24) is 0 Å². The van der Waals surface area contributed by atoms with E-state index in [0.717, 1.165) is 28.8 Å². The van der Waals surface area contributed by atoms with Crippen LogP contribution in [0.15, 0.2) is 85.5 Å². The van der Waals surface area contributed by atoms with Gasteiger partial charge >= 0.3 is 5.97 Å². The molecule has 0 bridgehead atoms. The zero-order chi connectivity index (χ0) is 37.0. The number of nitrogens with one attached hydrogen (secondary N) is 2. The molecular formula is C43H52N2O7. The minimum absolute atomic E-state index is 0.0744. The van der Waals surface area contributed by atoms with Crippen LogP contribution in [0.2, 0.25) is 0 Å². The predicted molar refractivity (Wildman–Crippen MR) is 206 cm³/mol. The lowest BCUT2D eigenvalue weighted by Crippen LogP contribution is -2.34. The standard InChI is InChI=1S/C43H52N2O7/c1-9-40(46)51-25-29(48-8)26-52-42(3,4)35-19-18-27(20-37(35)44-5)43-34-17-12-11-14-30(34)31-15-13-16-32(41(31)43)33-21-39(38(45-6)22-36(33)43)50-24-28(47-7)23-49-10-2/h9,11-22,28-30,34,44-45H,1,10,23-26H2,2-8H3. The van der Waals surface area contributed by atoms with Gasteiger partial charge in [-0.25, -0.2) is 4.79 Å². The van der Waals surface area contributed by atoms with Gasteiger partial charge in [0.2, 0.25) is 0 Å². The highest BCUT2D eigenvalue weighted by Gasteiger charge is 2.58. The summed E-state index contributed by atoms with van der Waals surface area (Å²) in [5.41, 5.74) is 9.32. The third-order valence-electron chi connectivity index (χ3n) is 10.8. The number of rotatable bonds is 18. The van der Waals surface area contributed by atoms with Crippen molar-refractivity contribution < 1.29 is 33.2 Å². The lowest BCUT2D eigenvalue weighted by atomic mass is 9.64. The first-order chi connectivity index (χ1) is 25.2. The molecule has 52 heavy (non-hydrogen) atoms. The van der Waals surface area contributed by atoms with Crippen LogP contribution in [-0.2, 0) is 39.5 Å². The van der Waals surface area contributed by atoms with Crippen molar-refractivity contribution in [1.29, 1.82) is 0 Å². The zero-order valence-electron chi connectivity index (χ0n) is 31.4. The first-order valence-corrected chi connectivity index (χ1v) is 18.0. The number of ether oxygens (including phenoxy) is 6. The van der Waals surface area contributed by atoms with E-state index in [1.165, 1.54) is 33.4 Å². The third kappa shape index (κ3) is 6.56. The van der Waals surface area contributed by atoms with Crippen LogP contribution in [0.1, 0.15) is 54.5 Å². The molecule has 276 valence electrons. The summed E-state index contributed by atoms with van der Waals surface area (Å²) >= 11 is 0. The van der Waals surface area contributed by atoms with Crippen LogP contribution in [0.5, 0.6) is 5.75 Å². The number of benzene rings is 3. The molecule has 9 heteroatoms. The van der Waals surface area contributed by atoms with Gasteiger partial charge in [0.15, 0.2) is 0 Å². The molecule has 0 heterocycles. The van der Waals surface area contributed by atoms with Gasteiger partial charge in [-0.2, -0.15) is 0 Å². The zero-order valence-corrected chi connectivity index (χ0v) is 31.4. The summed E-state index contributed by atoms with van der Waals surface area (Å²) in [6.07, 6.45) is 9.63. The van der Waals surface area contributed by atoms with Gasteiger partial charge in [0, 0.05) is 64.1 Å². The second-order valence-corrected chi connectivity index (χ2v) is 13.9. The molecular weight excluding hydrogens is 656 g/mol. The molecule has 3 aliphatic carbocycles. The Morgan fingerprint density at radius 2 is 1.67 bits per heavy atom. The molecule has 5 atom stereocenters. The van der Waals surface area contributed by atoms with E-state index >= 15 is 0 Å². The van der Waals surface area contributed by atoms with Crippen molar-refractivity contribution in [2.45, 2.75) is 49.9 Å². The van der Waals surface area contributed by atoms with Crippen molar-refractivity contribution in [2.75, 3.05) is 72.0 Å². The summed E-state index contributed by atoms with van der Waals surface area (Å²) in [5.74, 6) is 0.687. The van der Waals surface area contributed by atoms with E-state index in [4.69, 9.17) is 28.4 Å². The van der Waals surface area contributed by atoms with Gasteiger partial charge < -0.3 is 39.1 Å². The molecule has 0 saturated heterocycles. The van der Waals surface area contributed by atoms with Crippen molar-refractivity contribution in [3.05, 3.63) is 113 Å². The van der Waals surface area contributed by atoms with Crippen LogP contribution >= 0.6 is 0 Å². The van der Waals surface area contributed by atoms with E-state index in [0.29, 0.717) is 19.8 Å². The fourth-order valence-corrected chi connectivity index (χ4v) is 8.18. The fourth-order valence-electron chi connectivity index (χ4n) is 8.18. The summed E-state index contributed by atoms with van der Waals surface area (Å²) in [6.45, 7) is 11.3. The summed E-state index contributed by atoms with van der Waals surface area (Å²) < 4.78 is 35.0. The molecule has 5 unspecified atom stereocenters. The van der Waals surface area contributed by atoms with Crippen molar-refractivity contribution in [3.8, 4) is 16.9 Å². The van der Waals surface area contributed by atoms with E-state index in [2.05, 4.69) is 90.0 Å². The Kier molecular flexibility index (Phi) is 11.3. The number of anilines is 2. The maximum atomic E-state index is 11.7. The molecule has 3 aliphatic rings. The number of carbonyl (C=O) groups excluding carboxylic acids is 1. The lowest BCUT2D eigenvalue weighted by molar-refractivity contribution is -0.145. The Hall–Kier alpha value is -4.41. The Morgan fingerprint density at radius 3 is 2.38 bits per heavy atom. The van der Waals surface area contributed by atoms with Crippen molar-refractivity contribution in [3.63, 3.8) is 0 Å². The molecule has 0 radical (unpaired) electrons. The van der Waals surface area contributed by atoms with E-state index in [1.807, 2.05) is 34.9 Å². The van der Waals surface area contributed by atoms with Gasteiger partial charge in [-0.15, -0.1) is 0 Å². The minimum atomic E-state index is -0.691. The largest absolute Gasteiger partial charge is 0.489 e. The summed E-state index contributed by atoms with van der Waals surface area (Å²) in [6, 6.07) is 18.0. The quantitative estimate of drug-likeness (QED) is 0.104. The average Bonchev–Trinajstić information content (AvgIpc) is 3.64. The first-order valence-electron chi connectivity index (χ1n) is 18.0.